The molecule has 0 atom stereocenters. The van der Waals surface area contributed by atoms with Gasteiger partial charge in [-0.2, -0.15) is 0 Å². The molecule has 2 aromatic carbocycles. The molecule has 0 aromatic heterocycles. The van der Waals surface area contributed by atoms with Gasteiger partial charge in [0.2, 0.25) is 0 Å². The molecule has 1 fully saturated rings. The number of hydrogen-bond donors (Lipinski definition) is 0. The van der Waals surface area contributed by atoms with Gasteiger partial charge in [-0.3, -0.25) is 9.59 Å². The standard InChI is InChI=1S/C22H22BrNO3/c23-20-10-8-18(9-11-20)21(25)24-14-12-19(13-15-24)22(26)27-16-4-7-17-5-2-1-3-6-17/h1-11,19H,12-16H2/b7-4+. The molecule has 0 aliphatic carbocycles. The molecule has 140 valence electrons. The first-order valence-corrected chi connectivity index (χ1v) is 9.86. The molecule has 0 saturated carbocycles. The molecule has 3 rings (SSSR count). The van der Waals surface area contributed by atoms with Crippen LogP contribution in [0.4, 0.5) is 0 Å². The number of nitrogens with zero attached hydrogens (tertiary/aromatic N) is 1. The lowest BCUT2D eigenvalue weighted by atomic mass is 9.96. The Morgan fingerprint density at radius 3 is 2.37 bits per heavy atom. The van der Waals surface area contributed by atoms with E-state index in [0.29, 0.717) is 31.5 Å². The summed E-state index contributed by atoms with van der Waals surface area (Å²) >= 11 is 3.37. The highest BCUT2D eigenvalue weighted by Gasteiger charge is 2.28. The summed E-state index contributed by atoms with van der Waals surface area (Å²) in [6, 6.07) is 17.2. The third-order valence-corrected chi connectivity index (χ3v) is 5.17. The predicted octanol–water partition coefficient (Wildman–Crippen LogP) is 4.56. The smallest absolute Gasteiger partial charge is 0.309 e. The molecule has 1 saturated heterocycles. The van der Waals surface area contributed by atoms with Crippen molar-refractivity contribution < 1.29 is 14.3 Å². The van der Waals surface area contributed by atoms with E-state index in [1.807, 2.05) is 71.6 Å². The van der Waals surface area contributed by atoms with Crippen LogP contribution in [0.1, 0.15) is 28.8 Å². The lowest BCUT2D eigenvalue weighted by Crippen LogP contribution is -2.40. The molecule has 27 heavy (non-hydrogen) atoms. The van der Waals surface area contributed by atoms with Crippen LogP contribution < -0.4 is 0 Å². The number of halogens is 1. The number of rotatable bonds is 5. The van der Waals surface area contributed by atoms with Crippen LogP contribution in [0.3, 0.4) is 0 Å². The van der Waals surface area contributed by atoms with Gasteiger partial charge in [-0.1, -0.05) is 52.3 Å². The summed E-state index contributed by atoms with van der Waals surface area (Å²) in [5.41, 5.74) is 1.75. The van der Waals surface area contributed by atoms with Gasteiger partial charge in [0.05, 0.1) is 5.92 Å². The van der Waals surface area contributed by atoms with Crippen molar-refractivity contribution in [3.05, 3.63) is 76.3 Å². The number of ether oxygens (including phenoxy) is 1. The Balaban J connectivity index is 1.43. The van der Waals surface area contributed by atoms with Crippen LogP contribution in [-0.4, -0.2) is 36.5 Å². The molecule has 1 aliphatic rings. The minimum atomic E-state index is -0.177. The number of hydrogen-bond acceptors (Lipinski definition) is 3. The molecular formula is C22H22BrNO3. The fraction of sp³-hybridized carbons (Fsp3) is 0.273. The molecule has 2 aromatic rings. The number of carbonyl (C=O) groups excluding carboxylic acids is 2. The summed E-state index contributed by atoms with van der Waals surface area (Å²) in [4.78, 5) is 26.6. The van der Waals surface area contributed by atoms with Gasteiger partial charge in [0.1, 0.15) is 6.61 Å². The summed E-state index contributed by atoms with van der Waals surface area (Å²) in [5, 5.41) is 0. The van der Waals surface area contributed by atoms with Gasteiger partial charge < -0.3 is 9.64 Å². The molecule has 0 N–H and O–H groups in total. The summed E-state index contributed by atoms with van der Waals surface area (Å²) in [5.74, 6) is -0.298. The zero-order chi connectivity index (χ0) is 19.1. The van der Waals surface area contributed by atoms with Crippen LogP contribution in [-0.2, 0) is 9.53 Å². The third-order valence-electron chi connectivity index (χ3n) is 4.64. The topological polar surface area (TPSA) is 46.6 Å². The summed E-state index contributed by atoms with van der Waals surface area (Å²) in [6.45, 7) is 1.43. The molecule has 0 radical (unpaired) electrons. The van der Waals surface area contributed by atoms with Gasteiger partial charge in [0.25, 0.3) is 5.91 Å². The summed E-state index contributed by atoms with van der Waals surface area (Å²) in [7, 11) is 0. The van der Waals surface area contributed by atoms with E-state index in [9.17, 15) is 9.59 Å². The average Bonchev–Trinajstić information content (AvgIpc) is 2.72. The lowest BCUT2D eigenvalue weighted by Gasteiger charge is -2.31. The molecular weight excluding hydrogens is 406 g/mol. The Morgan fingerprint density at radius 2 is 1.70 bits per heavy atom. The zero-order valence-corrected chi connectivity index (χ0v) is 16.6. The van der Waals surface area contributed by atoms with E-state index in [1.54, 1.807) is 0 Å². The lowest BCUT2D eigenvalue weighted by molar-refractivity contribution is -0.148. The second kappa shape index (κ2) is 9.51. The van der Waals surface area contributed by atoms with E-state index in [2.05, 4.69) is 15.9 Å². The van der Waals surface area contributed by atoms with Crippen molar-refractivity contribution in [3.8, 4) is 0 Å². The van der Waals surface area contributed by atoms with E-state index >= 15 is 0 Å². The highest BCUT2D eigenvalue weighted by molar-refractivity contribution is 9.10. The highest BCUT2D eigenvalue weighted by atomic mass is 79.9. The van der Waals surface area contributed by atoms with Crippen molar-refractivity contribution in [1.82, 2.24) is 4.90 Å². The number of piperidine rings is 1. The SMILES string of the molecule is O=C(OC/C=C/c1ccccc1)C1CCN(C(=O)c2ccc(Br)cc2)CC1. The molecule has 1 heterocycles. The monoisotopic (exact) mass is 427 g/mol. The van der Waals surface area contributed by atoms with Crippen LogP contribution >= 0.6 is 15.9 Å². The molecule has 0 unspecified atom stereocenters. The van der Waals surface area contributed by atoms with Crippen molar-refractivity contribution in [1.29, 1.82) is 0 Å². The molecule has 4 nitrogen and oxygen atoms in total. The summed E-state index contributed by atoms with van der Waals surface area (Å²) < 4.78 is 6.31. The molecule has 0 spiro atoms. The van der Waals surface area contributed by atoms with Crippen LogP contribution in [0.5, 0.6) is 0 Å². The largest absolute Gasteiger partial charge is 0.461 e. The van der Waals surface area contributed by atoms with Gasteiger partial charge in [0, 0.05) is 23.1 Å². The normalized spacial score (nSPS) is 15.1. The van der Waals surface area contributed by atoms with Crippen LogP contribution in [0.2, 0.25) is 0 Å². The van der Waals surface area contributed by atoms with Gasteiger partial charge in [-0.25, -0.2) is 0 Å². The molecule has 1 aliphatic heterocycles. The van der Waals surface area contributed by atoms with E-state index in [4.69, 9.17) is 4.74 Å². The Morgan fingerprint density at radius 1 is 1.04 bits per heavy atom. The van der Waals surface area contributed by atoms with E-state index in [-0.39, 0.29) is 24.4 Å². The maximum absolute atomic E-state index is 12.5. The summed E-state index contributed by atoms with van der Waals surface area (Å²) in [6.07, 6.45) is 5.07. The molecule has 5 heteroatoms. The maximum atomic E-state index is 12.5. The van der Waals surface area contributed by atoms with Crippen molar-refractivity contribution in [2.24, 2.45) is 5.92 Å². The quantitative estimate of drug-likeness (QED) is 0.657. The number of benzene rings is 2. The van der Waals surface area contributed by atoms with Crippen LogP contribution in [0.25, 0.3) is 6.08 Å². The van der Waals surface area contributed by atoms with Crippen molar-refractivity contribution in [2.45, 2.75) is 12.8 Å². The number of carbonyl (C=O) groups is 2. The maximum Gasteiger partial charge on any atom is 0.309 e. The third kappa shape index (κ3) is 5.54. The van der Waals surface area contributed by atoms with E-state index < -0.39 is 0 Å². The zero-order valence-electron chi connectivity index (χ0n) is 15.0. The van der Waals surface area contributed by atoms with Crippen molar-refractivity contribution >= 4 is 33.9 Å². The first kappa shape index (κ1) is 19.4. The molecule has 0 bridgehead atoms. The van der Waals surface area contributed by atoms with Gasteiger partial charge in [-0.15, -0.1) is 0 Å². The Kier molecular flexibility index (Phi) is 6.82. The Hall–Kier alpha value is -2.40. The van der Waals surface area contributed by atoms with Gasteiger partial charge in [0.15, 0.2) is 0 Å². The van der Waals surface area contributed by atoms with Gasteiger partial charge >= 0.3 is 5.97 Å². The van der Waals surface area contributed by atoms with E-state index in [0.717, 1.165) is 10.0 Å². The second-order valence-electron chi connectivity index (χ2n) is 6.52. The Bertz CT molecular complexity index is 794. The second-order valence-corrected chi connectivity index (χ2v) is 7.43. The molecule has 1 amide bonds. The van der Waals surface area contributed by atoms with Crippen LogP contribution in [0.15, 0.2) is 65.1 Å². The minimum Gasteiger partial charge on any atom is -0.461 e. The average molecular weight is 428 g/mol. The number of likely N-dealkylation sites (tertiary alicyclic amines) is 1. The first-order valence-electron chi connectivity index (χ1n) is 9.06. The number of esters is 1. The Labute approximate surface area is 168 Å². The van der Waals surface area contributed by atoms with Crippen molar-refractivity contribution in [2.75, 3.05) is 19.7 Å². The van der Waals surface area contributed by atoms with Gasteiger partial charge in [-0.05, 0) is 48.7 Å². The fourth-order valence-corrected chi connectivity index (χ4v) is 3.35. The highest BCUT2D eigenvalue weighted by Crippen LogP contribution is 2.21. The predicted molar refractivity (Wildman–Crippen MR) is 109 cm³/mol. The van der Waals surface area contributed by atoms with Crippen molar-refractivity contribution in [3.63, 3.8) is 0 Å². The van der Waals surface area contributed by atoms with Crippen LogP contribution in [0, 0.1) is 5.92 Å². The van der Waals surface area contributed by atoms with E-state index in [1.165, 1.54) is 0 Å². The first-order chi connectivity index (χ1) is 13.1. The minimum absolute atomic E-state index is 0.0140. The fourth-order valence-electron chi connectivity index (χ4n) is 3.09. The number of amides is 1.